The van der Waals surface area contributed by atoms with Crippen LogP contribution in [0.5, 0.6) is 0 Å². The summed E-state index contributed by atoms with van der Waals surface area (Å²) in [6, 6.07) is 0. The molecule has 0 bridgehead atoms. The average Bonchev–Trinajstić information content (AvgIpc) is 3.75. The minimum absolute atomic E-state index is 0.0404. The molecule has 59 heavy (non-hydrogen) atoms. The highest BCUT2D eigenvalue weighted by Gasteiger charge is 2.59. The molecular formula is C58H100O. The molecule has 6 fully saturated rings. The second-order valence-electron chi connectivity index (χ2n) is 25.6. The Morgan fingerprint density at radius 1 is 0.508 bits per heavy atom. The molecule has 6 saturated carbocycles. The van der Waals surface area contributed by atoms with Crippen LogP contribution in [0.1, 0.15) is 231 Å². The molecule has 0 heterocycles. The highest BCUT2D eigenvalue weighted by Crippen LogP contribution is 2.69. The Kier molecular flexibility index (Phi) is 14.6. The summed E-state index contributed by atoms with van der Waals surface area (Å²) in [6.07, 6.45) is 37.7. The summed E-state index contributed by atoms with van der Waals surface area (Å²) in [6.45, 7) is 30.4. The molecule has 8 aliphatic carbocycles. The molecule has 8 aliphatic rings. The first-order valence-corrected chi connectivity index (χ1v) is 27.1. The summed E-state index contributed by atoms with van der Waals surface area (Å²) < 4.78 is 0. The van der Waals surface area contributed by atoms with Crippen LogP contribution in [0.3, 0.4) is 0 Å². The largest absolute Gasteiger partial charge is 0.393 e. The summed E-state index contributed by atoms with van der Waals surface area (Å²) in [5.74, 6) is 12.4. The number of fused-ring (bicyclic) bond motifs is 10. The quantitative estimate of drug-likeness (QED) is 0.195. The summed E-state index contributed by atoms with van der Waals surface area (Å²) in [4.78, 5) is 0. The third-order valence-corrected chi connectivity index (χ3v) is 22.5. The van der Waals surface area contributed by atoms with E-state index < -0.39 is 0 Å². The van der Waals surface area contributed by atoms with Crippen LogP contribution in [0.4, 0.5) is 0 Å². The van der Waals surface area contributed by atoms with Crippen molar-refractivity contribution in [3.63, 3.8) is 0 Å². The van der Waals surface area contributed by atoms with E-state index in [0.717, 1.165) is 95.7 Å². The molecule has 17 atom stereocenters. The number of hydrogen-bond donors (Lipinski definition) is 1. The average molecular weight is 813 g/mol. The van der Waals surface area contributed by atoms with Gasteiger partial charge in [-0.2, -0.15) is 0 Å². The Morgan fingerprint density at radius 3 is 1.42 bits per heavy atom. The van der Waals surface area contributed by atoms with Gasteiger partial charge in [-0.15, -0.1) is 0 Å². The van der Waals surface area contributed by atoms with E-state index in [9.17, 15) is 5.11 Å². The molecule has 1 heteroatoms. The van der Waals surface area contributed by atoms with Crippen molar-refractivity contribution in [3.8, 4) is 0 Å². The molecule has 0 aliphatic heterocycles. The van der Waals surface area contributed by atoms with Crippen molar-refractivity contribution in [1.29, 1.82) is 0 Å². The number of hydrogen-bond acceptors (Lipinski definition) is 1. The fourth-order valence-electron chi connectivity index (χ4n) is 18.4. The highest BCUT2D eigenvalue weighted by atomic mass is 16.3. The van der Waals surface area contributed by atoms with E-state index in [4.69, 9.17) is 0 Å². The monoisotopic (exact) mass is 813 g/mol. The lowest BCUT2D eigenvalue weighted by Crippen LogP contribution is -2.49. The maximum atomic E-state index is 10.3. The van der Waals surface area contributed by atoms with Crippen molar-refractivity contribution in [2.75, 3.05) is 0 Å². The first-order chi connectivity index (χ1) is 28.0. The summed E-state index contributed by atoms with van der Waals surface area (Å²) in [5, 5.41) is 10.3. The van der Waals surface area contributed by atoms with Crippen LogP contribution in [-0.2, 0) is 0 Å². The molecule has 0 amide bonds. The topological polar surface area (TPSA) is 20.2 Å². The third-order valence-electron chi connectivity index (χ3n) is 22.5. The zero-order chi connectivity index (χ0) is 42.5. The summed E-state index contributed by atoms with van der Waals surface area (Å²) in [5.41, 5.74) is 6.07. The van der Waals surface area contributed by atoms with Gasteiger partial charge in [0.1, 0.15) is 0 Å². The van der Waals surface area contributed by atoms with Gasteiger partial charge in [-0.05, 0) is 214 Å². The fourth-order valence-corrected chi connectivity index (χ4v) is 18.4. The lowest BCUT2D eigenvalue weighted by molar-refractivity contribution is -0.0428. The van der Waals surface area contributed by atoms with E-state index in [2.05, 4.69) is 95.2 Å². The zero-order valence-electron chi connectivity index (χ0n) is 41.5. The Bertz CT molecular complexity index is 1450. The molecule has 0 aromatic rings. The standard InChI is InChI=1S/C29H50O.C29H50/c1-7-21(19(2)3)9-8-20(4)25-12-13-26-24-11-10-22-18-23(30)14-16-28(22,5)27(24)15-17-29(25,26)6;1-7-22(20(2)3)12-11-21(4)25-15-16-26-24-14-13-23-10-8-9-18-28(23,5)27(24)17-19-29(25,26)6/h11,19-23,25-27,30H,7-10,12-18H2,1-6H3;14,20-23,25-27H,7-13,15-19H2,1-6H3/t20?,21?,22?,23-,25+,26-,27-,28-,29+;21?,22?,23?,25-,26+,27+,28+,29-/m01/s1. The summed E-state index contributed by atoms with van der Waals surface area (Å²) in [7, 11) is 0. The Balaban J connectivity index is 0.000000179. The molecule has 338 valence electrons. The van der Waals surface area contributed by atoms with Gasteiger partial charge in [0.05, 0.1) is 6.10 Å². The lowest BCUT2D eigenvalue weighted by atomic mass is 9.47. The van der Waals surface area contributed by atoms with Crippen molar-refractivity contribution in [1.82, 2.24) is 0 Å². The number of allylic oxidation sites excluding steroid dienone is 4. The summed E-state index contributed by atoms with van der Waals surface area (Å²) >= 11 is 0. The molecule has 0 spiro atoms. The maximum absolute atomic E-state index is 10.3. The number of aliphatic hydroxyl groups excluding tert-OH is 1. The van der Waals surface area contributed by atoms with Gasteiger partial charge in [0.15, 0.2) is 0 Å². The van der Waals surface area contributed by atoms with Crippen LogP contribution in [0.2, 0.25) is 0 Å². The van der Waals surface area contributed by atoms with Gasteiger partial charge in [-0.25, -0.2) is 0 Å². The van der Waals surface area contributed by atoms with Gasteiger partial charge in [-0.1, -0.05) is 145 Å². The molecule has 1 N–H and O–H groups in total. The number of aliphatic hydroxyl groups is 1. The SMILES string of the molecule is CCC(CCC(C)[C@H]1CC[C@H]2C3=CCC4CCCC[C@]4(C)[C@H]3CC[C@]12C)C(C)C.CCC(CCC(C)[C@H]1CC[C@H]2C3=CCC4C[C@@H](O)CC[C@]4(C)[C@H]3CC[C@]12C)C(C)C. The fraction of sp³-hybridized carbons (Fsp3) is 0.931. The minimum atomic E-state index is -0.0404. The molecule has 0 saturated heterocycles. The van der Waals surface area contributed by atoms with Crippen LogP contribution in [0, 0.1) is 105 Å². The number of rotatable bonds is 12. The van der Waals surface area contributed by atoms with Crippen LogP contribution < -0.4 is 0 Å². The first kappa shape index (κ1) is 46.4. The van der Waals surface area contributed by atoms with Gasteiger partial charge in [-0.3, -0.25) is 0 Å². The molecule has 1 nitrogen and oxygen atoms in total. The minimum Gasteiger partial charge on any atom is -0.393 e. The zero-order valence-corrected chi connectivity index (χ0v) is 41.5. The van der Waals surface area contributed by atoms with E-state index in [1.165, 1.54) is 135 Å². The molecule has 8 rings (SSSR count). The van der Waals surface area contributed by atoms with Crippen LogP contribution in [-0.4, -0.2) is 11.2 Å². The molecule has 6 unspecified atom stereocenters. The van der Waals surface area contributed by atoms with E-state index in [1.807, 2.05) is 11.1 Å². The molecule has 0 aromatic heterocycles. The normalized spacial score (nSPS) is 44.6. The first-order valence-electron chi connectivity index (χ1n) is 27.1. The van der Waals surface area contributed by atoms with Crippen molar-refractivity contribution in [2.24, 2.45) is 105 Å². The molecule has 0 aromatic carbocycles. The predicted molar refractivity (Wildman–Crippen MR) is 255 cm³/mol. The van der Waals surface area contributed by atoms with Crippen molar-refractivity contribution < 1.29 is 5.11 Å². The molecule has 0 radical (unpaired) electrons. The van der Waals surface area contributed by atoms with Crippen molar-refractivity contribution in [3.05, 3.63) is 23.3 Å². The lowest BCUT2D eigenvalue weighted by Gasteiger charge is -2.57. The molecular weight excluding hydrogens is 713 g/mol. The predicted octanol–water partition coefficient (Wildman–Crippen LogP) is 17.1. The van der Waals surface area contributed by atoms with E-state index in [-0.39, 0.29) is 6.10 Å². The van der Waals surface area contributed by atoms with E-state index in [1.54, 1.807) is 0 Å². The smallest absolute Gasteiger partial charge is 0.0543 e. The van der Waals surface area contributed by atoms with Crippen LogP contribution in [0.15, 0.2) is 23.3 Å². The van der Waals surface area contributed by atoms with Crippen molar-refractivity contribution >= 4 is 0 Å². The second-order valence-corrected chi connectivity index (χ2v) is 25.6. The Labute approximate surface area is 368 Å². The van der Waals surface area contributed by atoms with Gasteiger partial charge in [0, 0.05) is 0 Å². The van der Waals surface area contributed by atoms with Gasteiger partial charge < -0.3 is 5.11 Å². The van der Waals surface area contributed by atoms with Crippen molar-refractivity contribution in [2.45, 2.75) is 237 Å². The van der Waals surface area contributed by atoms with Crippen LogP contribution >= 0.6 is 0 Å². The maximum Gasteiger partial charge on any atom is 0.0543 e. The highest BCUT2D eigenvalue weighted by molar-refractivity contribution is 5.29. The van der Waals surface area contributed by atoms with Crippen LogP contribution in [0.25, 0.3) is 0 Å². The second kappa shape index (κ2) is 18.5. The van der Waals surface area contributed by atoms with Gasteiger partial charge in [0.25, 0.3) is 0 Å². The Hall–Kier alpha value is -0.560. The van der Waals surface area contributed by atoms with Gasteiger partial charge >= 0.3 is 0 Å². The van der Waals surface area contributed by atoms with E-state index in [0.29, 0.717) is 21.7 Å². The van der Waals surface area contributed by atoms with Gasteiger partial charge in [0.2, 0.25) is 0 Å². The Morgan fingerprint density at radius 2 is 0.949 bits per heavy atom. The third kappa shape index (κ3) is 8.58. The van der Waals surface area contributed by atoms with E-state index >= 15 is 0 Å².